The Hall–Kier alpha value is -2.41. The minimum atomic E-state index is -1.04. The van der Waals surface area contributed by atoms with E-state index in [0.29, 0.717) is 6.54 Å². The molecule has 0 spiro atoms. The summed E-state index contributed by atoms with van der Waals surface area (Å²) in [5.74, 6) is -2.67. The fraction of sp³-hybridized carbons (Fsp3) is 0.471. The highest BCUT2D eigenvalue weighted by atomic mass is 16.5. The largest absolute Gasteiger partial charge is 0.350 e. The molecule has 1 aromatic carbocycles. The summed E-state index contributed by atoms with van der Waals surface area (Å²) in [5, 5.41) is 14.0. The zero-order valence-electron chi connectivity index (χ0n) is 14.2. The molecule has 7 nitrogen and oxygen atoms in total. The predicted octanol–water partition coefficient (Wildman–Crippen LogP) is 0.975. The normalized spacial score (nSPS) is 13.0. The molecule has 1 aromatic rings. The zero-order valence-corrected chi connectivity index (χ0v) is 14.2. The van der Waals surface area contributed by atoms with Crippen LogP contribution >= 0.6 is 0 Å². The smallest absolute Gasteiger partial charge is 0.255 e. The highest BCUT2D eigenvalue weighted by Crippen LogP contribution is 2.12. The average Bonchev–Trinajstić information content (AvgIpc) is 2.57. The average molecular weight is 335 g/mol. The molecule has 0 saturated heterocycles. The lowest BCUT2D eigenvalue weighted by molar-refractivity contribution is -0.142. The molecular formula is C17H25N3O4. The summed E-state index contributed by atoms with van der Waals surface area (Å²) in [4.78, 5) is 35.9. The number of hydroxylamine groups is 1. The van der Waals surface area contributed by atoms with Gasteiger partial charge in [0.25, 0.3) is 5.91 Å². The number of rotatable bonds is 8. The molecule has 132 valence electrons. The third kappa shape index (κ3) is 6.37. The van der Waals surface area contributed by atoms with Crippen molar-refractivity contribution in [2.24, 2.45) is 11.8 Å². The fourth-order valence-corrected chi connectivity index (χ4v) is 2.20. The topological polar surface area (TPSA) is 108 Å². The Morgan fingerprint density at radius 2 is 1.62 bits per heavy atom. The minimum absolute atomic E-state index is 0.0836. The van der Waals surface area contributed by atoms with Crippen LogP contribution in [0.5, 0.6) is 0 Å². The molecule has 0 radical (unpaired) electrons. The van der Waals surface area contributed by atoms with Gasteiger partial charge in [-0.1, -0.05) is 44.2 Å². The van der Waals surface area contributed by atoms with Gasteiger partial charge in [-0.3, -0.25) is 19.6 Å². The lowest BCUT2D eigenvalue weighted by atomic mass is 9.95. The molecule has 2 atom stereocenters. The zero-order chi connectivity index (χ0) is 18.1. The van der Waals surface area contributed by atoms with Crippen LogP contribution in [-0.2, 0) is 20.9 Å². The highest BCUT2D eigenvalue weighted by molar-refractivity contribution is 6.01. The number of hydrogen-bond acceptors (Lipinski definition) is 4. The number of hydrogen-bond donors (Lipinski definition) is 4. The van der Waals surface area contributed by atoms with Gasteiger partial charge in [0.1, 0.15) is 12.0 Å². The number of amides is 3. The number of carbonyl (C=O) groups excluding carboxylic acids is 3. The van der Waals surface area contributed by atoms with Gasteiger partial charge in [0.2, 0.25) is 11.8 Å². The Balaban J connectivity index is 2.56. The minimum Gasteiger partial charge on any atom is -0.350 e. The van der Waals surface area contributed by atoms with Crippen molar-refractivity contribution in [3.05, 3.63) is 35.9 Å². The van der Waals surface area contributed by atoms with Crippen LogP contribution < -0.4 is 16.1 Å². The maximum absolute atomic E-state index is 12.2. The molecule has 0 aliphatic heterocycles. The first kappa shape index (κ1) is 19.6. The lowest BCUT2D eigenvalue weighted by Crippen LogP contribution is -2.49. The standard InChI is InChI=1S/C17H25N3O4/c1-11(2)9-14(17(23)20-24)16(22)19-12(3)15(21)18-10-13-7-5-4-6-8-13/h4-8,11-12,14,24H,9-10H2,1-3H3,(H,18,21)(H,19,22)(H,20,23)/t12-,14?/m1/s1. The molecule has 0 aliphatic rings. The molecule has 7 heteroatoms. The SMILES string of the molecule is CC(C)CC(C(=O)NO)C(=O)N[C@H](C)C(=O)NCc1ccccc1. The molecule has 1 rings (SSSR count). The van der Waals surface area contributed by atoms with Crippen LogP contribution in [0.25, 0.3) is 0 Å². The molecule has 0 heterocycles. The summed E-state index contributed by atoms with van der Waals surface area (Å²) in [7, 11) is 0. The van der Waals surface area contributed by atoms with Crippen molar-refractivity contribution in [3.63, 3.8) is 0 Å². The maximum atomic E-state index is 12.2. The van der Waals surface area contributed by atoms with Gasteiger partial charge in [-0.05, 0) is 24.8 Å². The Morgan fingerprint density at radius 3 is 2.17 bits per heavy atom. The Morgan fingerprint density at radius 1 is 1.00 bits per heavy atom. The third-order valence-electron chi connectivity index (χ3n) is 3.51. The van der Waals surface area contributed by atoms with Crippen LogP contribution in [0.4, 0.5) is 0 Å². The number of carbonyl (C=O) groups is 3. The molecule has 24 heavy (non-hydrogen) atoms. The Labute approximate surface area is 141 Å². The van der Waals surface area contributed by atoms with Crippen LogP contribution in [0.3, 0.4) is 0 Å². The van der Waals surface area contributed by atoms with E-state index in [4.69, 9.17) is 5.21 Å². The first-order valence-corrected chi connectivity index (χ1v) is 7.91. The van der Waals surface area contributed by atoms with Gasteiger partial charge < -0.3 is 10.6 Å². The van der Waals surface area contributed by atoms with E-state index in [0.717, 1.165) is 5.56 Å². The summed E-state index contributed by atoms with van der Waals surface area (Å²) < 4.78 is 0. The predicted molar refractivity (Wildman–Crippen MR) is 88.8 cm³/mol. The molecule has 3 amide bonds. The van der Waals surface area contributed by atoms with Crippen molar-refractivity contribution in [2.45, 2.75) is 39.8 Å². The van der Waals surface area contributed by atoms with Gasteiger partial charge in [-0.25, -0.2) is 5.48 Å². The second-order valence-electron chi connectivity index (χ2n) is 6.09. The van der Waals surface area contributed by atoms with E-state index in [1.807, 2.05) is 44.2 Å². The molecule has 0 saturated carbocycles. The van der Waals surface area contributed by atoms with Crippen LogP contribution in [0.1, 0.15) is 32.8 Å². The van der Waals surface area contributed by atoms with Crippen molar-refractivity contribution in [3.8, 4) is 0 Å². The van der Waals surface area contributed by atoms with Gasteiger partial charge >= 0.3 is 0 Å². The van der Waals surface area contributed by atoms with Crippen LogP contribution in [-0.4, -0.2) is 29.0 Å². The number of nitrogens with one attached hydrogen (secondary N) is 3. The van der Waals surface area contributed by atoms with Crippen molar-refractivity contribution < 1.29 is 19.6 Å². The fourth-order valence-electron chi connectivity index (χ4n) is 2.20. The third-order valence-corrected chi connectivity index (χ3v) is 3.51. The van der Waals surface area contributed by atoms with Crippen LogP contribution in [0.15, 0.2) is 30.3 Å². The second kappa shape index (κ2) is 9.67. The van der Waals surface area contributed by atoms with Gasteiger partial charge in [0.05, 0.1) is 0 Å². The van der Waals surface area contributed by atoms with E-state index in [1.54, 1.807) is 6.92 Å². The first-order chi connectivity index (χ1) is 11.3. The van der Waals surface area contributed by atoms with Gasteiger partial charge in [0, 0.05) is 6.54 Å². The number of benzene rings is 1. The lowest BCUT2D eigenvalue weighted by Gasteiger charge is -2.20. The maximum Gasteiger partial charge on any atom is 0.255 e. The molecule has 0 bridgehead atoms. The van der Waals surface area contributed by atoms with Crippen molar-refractivity contribution >= 4 is 17.7 Å². The van der Waals surface area contributed by atoms with Crippen molar-refractivity contribution in [2.75, 3.05) is 0 Å². The Bertz CT molecular complexity index is 560. The summed E-state index contributed by atoms with van der Waals surface area (Å²) in [6.07, 6.45) is 0.274. The molecule has 1 unspecified atom stereocenters. The quantitative estimate of drug-likeness (QED) is 0.323. The second-order valence-corrected chi connectivity index (χ2v) is 6.09. The van der Waals surface area contributed by atoms with E-state index in [2.05, 4.69) is 10.6 Å². The summed E-state index contributed by atoms with van der Waals surface area (Å²) in [6, 6.07) is 8.60. The molecule has 0 aliphatic carbocycles. The van der Waals surface area contributed by atoms with E-state index in [-0.39, 0.29) is 18.2 Å². The molecule has 4 N–H and O–H groups in total. The molecular weight excluding hydrogens is 310 g/mol. The van der Waals surface area contributed by atoms with E-state index in [1.165, 1.54) is 5.48 Å². The van der Waals surface area contributed by atoms with Gasteiger partial charge in [-0.2, -0.15) is 0 Å². The highest BCUT2D eigenvalue weighted by Gasteiger charge is 2.29. The van der Waals surface area contributed by atoms with Gasteiger partial charge in [0.15, 0.2) is 0 Å². The molecule has 0 fully saturated rings. The van der Waals surface area contributed by atoms with Crippen molar-refractivity contribution in [1.82, 2.24) is 16.1 Å². The van der Waals surface area contributed by atoms with Gasteiger partial charge in [-0.15, -0.1) is 0 Å². The van der Waals surface area contributed by atoms with Crippen LogP contribution in [0.2, 0.25) is 0 Å². The van der Waals surface area contributed by atoms with E-state index in [9.17, 15) is 14.4 Å². The summed E-state index contributed by atoms with van der Waals surface area (Å²) in [5.41, 5.74) is 2.45. The van der Waals surface area contributed by atoms with E-state index >= 15 is 0 Å². The first-order valence-electron chi connectivity index (χ1n) is 7.91. The summed E-state index contributed by atoms with van der Waals surface area (Å²) >= 11 is 0. The van der Waals surface area contributed by atoms with E-state index < -0.39 is 23.8 Å². The Kier molecular flexibility index (Phi) is 7.91. The van der Waals surface area contributed by atoms with Crippen molar-refractivity contribution in [1.29, 1.82) is 0 Å². The summed E-state index contributed by atoms with van der Waals surface area (Å²) in [6.45, 7) is 5.62. The monoisotopic (exact) mass is 335 g/mol. The van der Waals surface area contributed by atoms with Crippen LogP contribution in [0, 0.1) is 11.8 Å². The molecule has 0 aromatic heterocycles.